The zero-order chi connectivity index (χ0) is 9.52. The Kier molecular flexibility index (Phi) is 2.17. The second-order valence-corrected chi connectivity index (χ2v) is 4.64. The lowest BCUT2D eigenvalue weighted by molar-refractivity contribution is -0.148. The predicted octanol–water partition coefficient (Wildman–Crippen LogP) is 0.590. The van der Waals surface area contributed by atoms with Crippen molar-refractivity contribution in [3.05, 3.63) is 0 Å². The van der Waals surface area contributed by atoms with Crippen molar-refractivity contribution in [3.8, 4) is 0 Å². The van der Waals surface area contributed by atoms with Gasteiger partial charge in [0.25, 0.3) is 0 Å². The number of nitrogens with zero attached hydrogens (tertiary/aromatic N) is 1. The average Bonchev–Trinajstić information content (AvgIpc) is 1.96. The van der Waals surface area contributed by atoms with Crippen molar-refractivity contribution < 1.29 is 4.79 Å². The molecule has 0 aromatic carbocycles. The Bertz CT molecular complexity index is 195. The summed E-state index contributed by atoms with van der Waals surface area (Å²) in [5, 5.41) is 0. The van der Waals surface area contributed by atoms with Gasteiger partial charge in [-0.3, -0.25) is 4.79 Å². The molecule has 1 aliphatic heterocycles. The highest BCUT2D eigenvalue weighted by atomic mass is 16.2. The van der Waals surface area contributed by atoms with Gasteiger partial charge in [0.05, 0.1) is 0 Å². The molecule has 0 aliphatic carbocycles. The van der Waals surface area contributed by atoms with Crippen LogP contribution >= 0.6 is 0 Å². The van der Waals surface area contributed by atoms with Gasteiger partial charge in [0.15, 0.2) is 0 Å². The van der Waals surface area contributed by atoms with E-state index in [-0.39, 0.29) is 23.4 Å². The van der Waals surface area contributed by atoms with Crippen LogP contribution in [0.1, 0.15) is 27.7 Å². The van der Waals surface area contributed by atoms with Crippen LogP contribution in [-0.2, 0) is 4.79 Å². The summed E-state index contributed by atoms with van der Waals surface area (Å²) in [5.74, 6) is 0.0948. The molecule has 12 heavy (non-hydrogen) atoms. The number of carbonyl (C=O) groups is 1. The van der Waals surface area contributed by atoms with E-state index >= 15 is 0 Å². The van der Waals surface area contributed by atoms with E-state index in [1.165, 1.54) is 0 Å². The van der Waals surface area contributed by atoms with Gasteiger partial charge in [-0.1, -0.05) is 20.8 Å². The van der Waals surface area contributed by atoms with Gasteiger partial charge in [0.1, 0.15) is 6.04 Å². The Labute approximate surface area is 73.9 Å². The highest BCUT2D eigenvalue weighted by Gasteiger charge is 2.40. The van der Waals surface area contributed by atoms with E-state index in [9.17, 15) is 4.79 Å². The maximum absolute atomic E-state index is 11.3. The van der Waals surface area contributed by atoms with Gasteiger partial charge in [0, 0.05) is 12.6 Å². The summed E-state index contributed by atoms with van der Waals surface area (Å²) in [6, 6.07) is 0.0413. The maximum Gasteiger partial charge on any atom is 0.241 e. The summed E-state index contributed by atoms with van der Waals surface area (Å²) in [5.41, 5.74) is 5.65. The molecule has 0 aromatic rings. The topological polar surface area (TPSA) is 46.3 Å². The van der Waals surface area contributed by atoms with E-state index in [2.05, 4.69) is 27.7 Å². The van der Waals surface area contributed by atoms with Gasteiger partial charge >= 0.3 is 0 Å². The summed E-state index contributed by atoms with van der Waals surface area (Å²) < 4.78 is 0. The number of amides is 1. The van der Waals surface area contributed by atoms with Crippen LogP contribution in [0.2, 0.25) is 0 Å². The fourth-order valence-corrected chi connectivity index (χ4v) is 1.30. The minimum Gasteiger partial charge on any atom is -0.336 e. The third-order valence-electron chi connectivity index (χ3n) is 2.71. The molecule has 0 aromatic heterocycles. The van der Waals surface area contributed by atoms with Crippen molar-refractivity contribution in [3.63, 3.8) is 0 Å². The average molecular weight is 170 g/mol. The SMILES string of the molecule is CC(N1CC(N)C1=O)C(C)(C)C. The Balaban J connectivity index is 2.57. The standard InChI is InChI=1S/C9H18N2O/c1-6(9(2,3)4)11-5-7(10)8(11)12/h6-7H,5,10H2,1-4H3. The number of β-lactam (4-membered cyclic amide) rings is 1. The Hall–Kier alpha value is -0.570. The Morgan fingerprint density at radius 3 is 2.33 bits per heavy atom. The minimum atomic E-state index is -0.241. The highest BCUT2D eigenvalue weighted by Crippen LogP contribution is 2.27. The van der Waals surface area contributed by atoms with Gasteiger partial charge in [-0.05, 0) is 12.3 Å². The van der Waals surface area contributed by atoms with Crippen molar-refractivity contribution >= 4 is 5.91 Å². The van der Waals surface area contributed by atoms with Crippen LogP contribution in [0.15, 0.2) is 0 Å². The van der Waals surface area contributed by atoms with Crippen molar-refractivity contribution in [1.82, 2.24) is 4.90 Å². The molecular formula is C9H18N2O. The normalized spacial score (nSPS) is 26.9. The van der Waals surface area contributed by atoms with Crippen LogP contribution in [0.25, 0.3) is 0 Å². The molecule has 0 saturated carbocycles. The van der Waals surface area contributed by atoms with E-state index in [4.69, 9.17) is 5.73 Å². The number of carbonyl (C=O) groups excluding carboxylic acids is 1. The number of nitrogens with two attached hydrogens (primary N) is 1. The number of likely N-dealkylation sites (tertiary alicyclic amines) is 1. The number of hydrogen-bond acceptors (Lipinski definition) is 2. The molecule has 2 atom stereocenters. The molecule has 0 bridgehead atoms. The van der Waals surface area contributed by atoms with E-state index < -0.39 is 0 Å². The Morgan fingerprint density at radius 1 is 1.58 bits per heavy atom. The van der Waals surface area contributed by atoms with Crippen LogP contribution < -0.4 is 5.73 Å². The molecule has 2 unspecified atom stereocenters. The van der Waals surface area contributed by atoms with E-state index in [1.54, 1.807) is 0 Å². The van der Waals surface area contributed by atoms with Crippen molar-refractivity contribution in [2.75, 3.05) is 6.54 Å². The van der Waals surface area contributed by atoms with Gasteiger partial charge in [0.2, 0.25) is 5.91 Å². The van der Waals surface area contributed by atoms with Crippen molar-refractivity contribution in [1.29, 1.82) is 0 Å². The molecule has 1 saturated heterocycles. The lowest BCUT2D eigenvalue weighted by Gasteiger charge is -2.45. The van der Waals surface area contributed by atoms with Crippen LogP contribution in [0, 0.1) is 5.41 Å². The van der Waals surface area contributed by atoms with Gasteiger partial charge in [-0.15, -0.1) is 0 Å². The molecule has 1 rings (SSSR count). The summed E-state index contributed by atoms with van der Waals surface area (Å²) in [6.45, 7) is 9.19. The first-order valence-electron chi connectivity index (χ1n) is 4.40. The first-order valence-corrected chi connectivity index (χ1v) is 4.40. The van der Waals surface area contributed by atoms with E-state index in [1.807, 2.05) is 4.90 Å². The zero-order valence-electron chi connectivity index (χ0n) is 8.29. The smallest absolute Gasteiger partial charge is 0.241 e. The monoisotopic (exact) mass is 170 g/mol. The fraction of sp³-hybridized carbons (Fsp3) is 0.889. The maximum atomic E-state index is 11.3. The van der Waals surface area contributed by atoms with Crippen LogP contribution in [0.5, 0.6) is 0 Å². The quantitative estimate of drug-likeness (QED) is 0.585. The Morgan fingerprint density at radius 2 is 2.08 bits per heavy atom. The number of rotatable bonds is 1. The van der Waals surface area contributed by atoms with E-state index in [0.717, 1.165) is 6.54 Å². The van der Waals surface area contributed by atoms with Crippen molar-refractivity contribution in [2.45, 2.75) is 39.8 Å². The molecule has 70 valence electrons. The molecule has 0 radical (unpaired) electrons. The zero-order valence-corrected chi connectivity index (χ0v) is 8.29. The third kappa shape index (κ3) is 1.46. The van der Waals surface area contributed by atoms with Crippen molar-refractivity contribution in [2.24, 2.45) is 11.1 Å². The van der Waals surface area contributed by atoms with Crippen LogP contribution in [0.3, 0.4) is 0 Å². The second kappa shape index (κ2) is 2.73. The second-order valence-electron chi connectivity index (χ2n) is 4.64. The first-order chi connectivity index (χ1) is 5.34. The molecule has 0 spiro atoms. The first kappa shape index (κ1) is 9.52. The van der Waals surface area contributed by atoms with Crippen LogP contribution in [-0.4, -0.2) is 29.4 Å². The largest absolute Gasteiger partial charge is 0.336 e. The fourth-order valence-electron chi connectivity index (χ4n) is 1.30. The molecule has 3 nitrogen and oxygen atoms in total. The lowest BCUT2D eigenvalue weighted by Crippen LogP contribution is -2.65. The predicted molar refractivity (Wildman–Crippen MR) is 48.6 cm³/mol. The van der Waals surface area contributed by atoms with Gasteiger partial charge in [-0.25, -0.2) is 0 Å². The minimum absolute atomic E-state index is 0.0948. The summed E-state index contributed by atoms with van der Waals surface area (Å²) in [4.78, 5) is 13.1. The molecule has 1 fully saturated rings. The van der Waals surface area contributed by atoms with Gasteiger partial charge in [-0.2, -0.15) is 0 Å². The molecule has 1 aliphatic rings. The van der Waals surface area contributed by atoms with E-state index in [0.29, 0.717) is 0 Å². The number of hydrogen-bond donors (Lipinski definition) is 1. The molecule has 2 N–H and O–H groups in total. The molecular weight excluding hydrogens is 152 g/mol. The van der Waals surface area contributed by atoms with Crippen LogP contribution in [0.4, 0.5) is 0 Å². The molecule has 3 heteroatoms. The summed E-state index contributed by atoms with van der Waals surface area (Å²) >= 11 is 0. The highest BCUT2D eigenvalue weighted by molar-refractivity contribution is 5.88. The lowest BCUT2D eigenvalue weighted by atomic mass is 9.84. The molecule has 1 amide bonds. The summed E-state index contributed by atoms with van der Waals surface area (Å²) in [7, 11) is 0. The molecule has 1 heterocycles. The van der Waals surface area contributed by atoms with Gasteiger partial charge < -0.3 is 10.6 Å². The summed E-state index contributed by atoms with van der Waals surface area (Å²) in [6.07, 6.45) is 0. The third-order valence-corrected chi connectivity index (χ3v) is 2.71.